The van der Waals surface area contributed by atoms with Gasteiger partial charge in [0.25, 0.3) is 0 Å². The van der Waals surface area contributed by atoms with Gasteiger partial charge in [0.15, 0.2) is 0 Å². The molecule has 8 nitrogen and oxygen atoms in total. The van der Waals surface area contributed by atoms with E-state index < -0.39 is 0 Å². The minimum atomic E-state index is 0.210. The molecule has 0 amide bonds. The second-order valence-electron chi connectivity index (χ2n) is 12.1. The van der Waals surface area contributed by atoms with Crippen molar-refractivity contribution in [3.05, 3.63) is 108 Å². The van der Waals surface area contributed by atoms with Crippen molar-refractivity contribution in [1.82, 2.24) is 19.8 Å². The zero-order valence-electron chi connectivity index (χ0n) is 26.0. The molecule has 6 rings (SSSR count). The van der Waals surface area contributed by atoms with Crippen LogP contribution in [0.1, 0.15) is 37.8 Å². The van der Waals surface area contributed by atoms with Crippen LogP contribution < -0.4 is 20.9 Å². The van der Waals surface area contributed by atoms with Gasteiger partial charge in [-0.15, -0.1) is 0 Å². The van der Waals surface area contributed by atoms with E-state index in [2.05, 4.69) is 94.3 Å². The number of nitrogens with two attached hydrogens (primary N) is 2. The molecule has 4 heterocycles. The Morgan fingerprint density at radius 3 is 1.36 bits per heavy atom. The van der Waals surface area contributed by atoms with Crippen LogP contribution in [0, 0.1) is 11.8 Å². The Hall–Kier alpha value is -4.14. The Kier molecular flexibility index (Phi) is 11.1. The maximum absolute atomic E-state index is 6.03. The maximum Gasteiger partial charge on any atom is 0.215 e. The van der Waals surface area contributed by atoms with Crippen molar-refractivity contribution in [2.24, 2.45) is 11.8 Å². The minimum absolute atomic E-state index is 0.210. The smallest absolute Gasteiger partial charge is 0.215 e. The molecule has 4 aromatic rings. The maximum atomic E-state index is 6.03. The molecule has 232 valence electrons. The zero-order valence-corrected chi connectivity index (χ0v) is 26.0. The predicted octanol–water partition coefficient (Wildman–Crippen LogP) is 5.91. The molecule has 2 aliphatic rings. The molecule has 0 unspecified atom stereocenters. The summed E-state index contributed by atoms with van der Waals surface area (Å²) in [6.07, 6.45) is 2.46. The first-order valence-corrected chi connectivity index (χ1v) is 15.7. The van der Waals surface area contributed by atoms with E-state index in [0.717, 1.165) is 52.1 Å². The molecular weight excluding hydrogens is 548 g/mol. The highest BCUT2D eigenvalue weighted by Gasteiger charge is 2.29. The normalized spacial score (nSPS) is 22.4. The number of hydrogen-bond donors (Lipinski definition) is 2. The summed E-state index contributed by atoms with van der Waals surface area (Å²) in [5, 5.41) is 0. The first-order valence-electron chi connectivity index (χ1n) is 15.7. The zero-order chi connectivity index (χ0) is 30.7. The number of nitrogen functional groups attached to an aromatic ring is 2. The molecule has 0 saturated carbocycles. The Labute approximate surface area is 262 Å². The fraction of sp³-hybridized carbons (Fsp3) is 0.389. The number of piperidine rings is 2. The van der Waals surface area contributed by atoms with Crippen LogP contribution in [0.2, 0.25) is 0 Å². The van der Waals surface area contributed by atoms with Crippen LogP contribution in [0.5, 0.6) is 11.8 Å². The predicted molar refractivity (Wildman–Crippen MR) is 177 cm³/mol. The molecule has 2 fully saturated rings. The largest absolute Gasteiger partial charge is 0.474 e. The summed E-state index contributed by atoms with van der Waals surface area (Å²) in [7, 11) is 0. The third-order valence-corrected chi connectivity index (χ3v) is 8.35. The number of ether oxygens (including phenoxy) is 2. The van der Waals surface area contributed by atoms with Crippen LogP contribution in [0.4, 0.5) is 11.6 Å². The van der Waals surface area contributed by atoms with E-state index >= 15 is 0 Å². The molecule has 8 heteroatoms. The Morgan fingerprint density at radius 1 is 0.591 bits per heavy atom. The summed E-state index contributed by atoms with van der Waals surface area (Å²) < 4.78 is 12.1. The molecular formula is C36H46N6O2. The first kappa shape index (κ1) is 31.3. The average molecular weight is 595 g/mol. The van der Waals surface area contributed by atoms with Crippen molar-refractivity contribution < 1.29 is 9.47 Å². The fourth-order valence-corrected chi connectivity index (χ4v) is 6.04. The monoisotopic (exact) mass is 594 g/mol. The van der Waals surface area contributed by atoms with Crippen LogP contribution in [0.15, 0.2) is 97.1 Å². The number of pyridine rings is 2. The quantitative estimate of drug-likeness (QED) is 0.260. The van der Waals surface area contributed by atoms with Crippen molar-refractivity contribution in [1.29, 1.82) is 0 Å². The van der Waals surface area contributed by atoms with Gasteiger partial charge >= 0.3 is 0 Å². The highest BCUT2D eigenvalue weighted by atomic mass is 16.5. The van der Waals surface area contributed by atoms with Gasteiger partial charge in [0, 0.05) is 63.2 Å². The molecule has 0 aliphatic carbocycles. The molecule has 0 spiro atoms. The molecule has 4 atom stereocenters. The Balaban J connectivity index is 0.000000175. The van der Waals surface area contributed by atoms with E-state index in [-0.39, 0.29) is 12.2 Å². The topological polar surface area (TPSA) is 103 Å². The second kappa shape index (κ2) is 15.5. The number of anilines is 2. The van der Waals surface area contributed by atoms with Gasteiger partial charge in [0.1, 0.15) is 23.8 Å². The average Bonchev–Trinajstić information content (AvgIpc) is 3.01. The van der Waals surface area contributed by atoms with Crippen molar-refractivity contribution in [3.8, 4) is 11.8 Å². The van der Waals surface area contributed by atoms with Gasteiger partial charge in [-0.2, -0.15) is 9.97 Å². The molecule has 2 saturated heterocycles. The molecule has 0 bridgehead atoms. The number of benzene rings is 2. The van der Waals surface area contributed by atoms with E-state index in [1.165, 1.54) is 11.1 Å². The lowest BCUT2D eigenvalue weighted by molar-refractivity contribution is 0.0461. The molecule has 2 aromatic carbocycles. The molecule has 0 radical (unpaired) electrons. The molecule has 2 aliphatic heterocycles. The summed E-state index contributed by atoms with van der Waals surface area (Å²) in [6, 6.07) is 32.3. The standard InChI is InChI=1S/2C18H23N3O/c2*1-14-12-21(13-15-6-3-2-4-7-15)11-10-16(14)22-18-9-5-8-17(19)20-18/h2*2-9,14,16H,10-13H2,1H3,(H2,19,20)/t2*14-,16+/m10/s1. The van der Waals surface area contributed by atoms with E-state index in [9.17, 15) is 0 Å². The summed E-state index contributed by atoms with van der Waals surface area (Å²) in [6.45, 7) is 10.7. The van der Waals surface area contributed by atoms with Gasteiger partial charge in [-0.1, -0.05) is 86.6 Å². The lowest BCUT2D eigenvalue weighted by Crippen LogP contribution is -2.44. The second-order valence-corrected chi connectivity index (χ2v) is 12.1. The van der Waals surface area contributed by atoms with Gasteiger partial charge in [-0.25, -0.2) is 0 Å². The number of rotatable bonds is 8. The fourth-order valence-electron chi connectivity index (χ4n) is 6.04. The van der Waals surface area contributed by atoms with Gasteiger partial charge in [0.2, 0.25) is 11.8 Å². The van der Waals surface area contributed by atoms with Gasteiger partial charge in [-0.05, 0) is 36.1 Å². The Bertz CT molecular complexity index is 1310. The first-order chi connectivity index (χ1) is 21.4. The van der Waals surface area contributed by atoms with Gasteiger partial charge < -0.3 is 20.9 Å². The highest BCUT2D eigenvalue weighted by Crippen LogP contribution is 2.25. The van der Waals surface area contributed by atoms with Gasteiger partial charge in [0.05, 0.1) is 0 Å². The van der Waals surface area contributed by atoms with Crippen LogP contribution in [-0.4, -0.2) is 58.2 Å². The number of hydrogen-bond acceptors (Lipinski definition) is 8. The van der Waals surface area contributed by atoms with Crippen LogP contribution >= 0.6 is 0 Å². The lowest BCUT2D eigenvalue weighted by Gasteiger charge is -2.36. The number of aromatic nitrogens is 2. The summed E-state index contributed by atoms with van der Waals surface area (Å²) >= 11 is 0. The lowest BCUT2D eigenvalue weighted by atomic mass is 9.96. The highest BCUT2D eigenvalue weighted by molar-refractivity contribution is 5.32. The van der Waals surface area contributed by atoms with Crippen molar-refractivity contribution in [2.75, 3.05) is 37.6 Å². The van der Waals surface area contributed by atoms with E-state index in [0.29, 0.717) is 35.2 Å². The summed E-state index contributed by atoms with van der Waals surface area (Å²) in [5.41, 5.74) is 14.1. The number of likely N-dealkylation sites (tertiary alicyclic amines) is 2. The molecule has 44 heavy (non-hydrogen) atoms. The molecule has 4 N–H and O–H groups in total. The number of nitrogens with zero attached hydrogens (tertiary/aromatic N) is 4. The molecule has 2 aromatic heterocycles. The van der Waals surface area contributed by atoms with E-state index in [4.69, 9.17) is 20.9 Å². The van der Waals surface area contributed by atoms with Crippen molar-refractivity contribution in [2.45, 2.75) is 52.0 Å². The van der Waals surface area contributed by atoms with Gasteiger partial charge in [-0.3, -0.25) is 9.80 Å². The third kappa shape index (κ3) is 9.43. The van der Waals surface area contributed by atoms with Crippen molar-refractivity contribution >= 4 is 11.6 Å². The van der Waals surface area contributed by atoms with Crippen LogP contribution in [-0.2, 0) is 13.1 Å². The summed E-state index contributed by atoms with van der Waals surface area (Å²) in [4.78, 5) is 13.4. The Morgan fingerprint density at radius 2 is 1.00 bits per heavy atom. The van der Waals surface area contributed by atoms with E-state index in [1.54, 1.807) is 12.1 Å². The van der Waals surface area contributed by atoms with E-state index in [1.807, 2.05) is 24.3 Å². The van der Waals surface area contributed by atoms with Crippen LogP contribution in [0.3, 0.4) is 0 Å². The SMILES string of the molecule is C[C@@H]1CN(Cc2ccccc2)CC[C@@H]1Oc1cccc(N)n1.C[C@H]1CN(Cc2ccccc2)CC[C@H]1Oc1cccc(N)n1. The third-order valence-electron chi connectivity index (χ3n) is 8.35. The minimum Gasteiger partial charge on any atom is -0.474 e. The summed E-state index contributed by atoms with van der Waals surface area (Å²) in [5.74, 6) is 3.22. The van der Waals surface area contributed by atoms with Crippen molar-refractivity contribution in [3.63, 3.8) is 0 Å². The van der Waals surface area contributed by atoms with Crippen LogP contribution in [0.25, 0.3) is 0 Å².